The molecule has 1 aliphatic heterocycles. The van der Waals surface area contributed by atoms with Crippen molar-refractivity contribution >= 4 is 28.7 Å². The number of nitrogens with one attached hydrogen (secondary N) is 1. The molecular formula is C28H27F3N10O4. The number of fused-ring (bicyclic) bond motifs is 1. The number of alkyl halides is 3. The third-order valence-electron chi connectivity index (χ3n) is 7.70. The topological polar surface area (TPSA) is 159 Å². The first-order chi connectivity index (χ1) is 21.4. The van der Waals surface area contributed by atoms with E-state index in [1.807, 2.05) is 0 Å². The Morgan fingerprint density at radius 2 is 1.91 bits per heavy atom. The molecule has 1 N–H and O–H groups in total. The summed E-state index contributed by atoms with van der Waals surface area (Å²) in [5.41, 5.74) is 0.505. The Bertz CT molecular complexity index is 2010. The van der Waals surface area contributed by atoms with Gasteiger partial charge in [-0.3, -0.25) is 23.7 Å². The second-order valence-electron chi connectivity index (χ2n) is 10.7. The molecule has 0 saturated carbocycles. The van der Waals surface area contributed by atoms with Crippen LogP contribution in [0, 0.1) is 6.92 Å². The van der Waals surface area contributed by atoms with Crippen molar-refractivity contribution in [1.29, 1.82) is 0 Å². The number of imidazole rings is 1. The van der Waals surface area contributed by atoms with Crippen molar-refractivity contribution < 1.29 is 22.5 Å². The fraction of sp³-hybridized carbons (Fsp3) is 0.357. The highest BCUT2D eigenvalue weighted by Gasteiger charge is 2.46. The molecule has 0 aromatic carbocycles. The van der Waals surface area contributed by atoms with Crippen LogP contribution in [0.1, 0.15) is 37.3 Å². The van der Waals surface area contributed by atoms with Gasteiger partial charge in [-0.2, -0.15) is 13.2 Å². The van der Waals surface area contributed by atoms with Crippen LogP contribution in [0.2, 0.25) is 0 Å². The normalized spacial score (nSPS) is 16.0. The van der Waals surface area contributed by atoms with Crippen molar-refractivity contribution in [3.05, 3.63) is 75.4 Å². The number of pyridine rings is 1. The molecule has 234 valence electrons. The number of hydrogen-bond acceptors (Lipinski definition) is 10. The highest BCUT2D eigenvalue weighted by atomic mass is 19.4. The molecule has 2 atom stereocenters. The molecule has 14 nitrogen and oxygen atoms in total. The van der Waals surface area contributed by atoms with Crippen molar-refractivity contribution in [3.8, 4) is 11.3 Å². The van der Waals surface area contributed by atoms with Gasteiger partial charge < -0.3 is 19.3 Å². The van der Waals surface area contributed by atoms with E-state index in [0.717, 1.165) is 9.47 Å². The Morgan fingerprint density at radius 1 is 1.16 bits per heavy atom. The Balaban J connectivity index is 1.23. The first kappa shape index (κ1) is 29.7. The monoisotopic (exact) mass is 624 g/mol. The molecule has 5 aromatic heterocycles. The molecule has 1 aliphatic rings. The summed E-state index contributed by atoms with van der Waals surface area (Å²) in [4.78, 5) is 57.7. The summed E-state index contributed by atoms with van der Waals surface area (Å²) < 4.78 is 48.8. The van der Waals surface area contributed by atoms with E-state index in [1.54, 1.807) is 32.0 Å². The maximum atomic E-state index is 13.5. The highest BCUT2D eigenvalue weighted by molar-refractivity contribution is 5.94. The molecule has 0 bridgehead atoms. The molecule has 17 heteroatoms. The lowest BCUT2D eigenvalue weighted by Crippen LogP contribution is -2.42. The van der Waals surface area contributed by atoms with Gasteiger partial charge in [-0.15, -0.1) is 0 Å². The van der Waals surface area contributed by atoms with Crippen molar-refractivity contribution in [2.45, 2.75) is 51.5 Å². The first-order valence-electron chi connectivity index (χ1n) is 13.9. The molecule has 0 radical (unpaired) electrons. The average molecular weight is 625 g/mol. The predicted molar refractivity (Wildman–Crippen MR) is 155 cm³/mol. The Kier molecular flexibility index (Phi) is 7.46. The molecule has 0 aliphatic carbocycles. The van der Waals surface area contributed by atoms with E-state index in [2.05, 4.69) is 30.4 Å². The molecule has 1 amide bonds. The van der Waals surface area contributed by atoms with Crippen LogP contribution in [-0.2, 0) is 18.4 Å². The Labute approximate surface area is 252 Å². The second-order valence-corrected chi connectivity index (χ2v) is 10.7. The van der Waals surface area contributed by atoms with E-state index in [-0.39, 0.29) is 36.6 Å². The summed E-state index contributed by atoms with van der Waals surface area (Å²) >= 11 is 0. The van der Waals surface area contributed by atoms with Crippen LogP contribution in [0.4, 0.5) is 24.8 Å². The summed E-state index contributed by atoms with van der Waals surface area (Å²) in [6, 6.07) is 2.19. The molecule has 45 heavy (non-hydrogen) atoms. The summed E-state index contributed by atoms with van der Waals surface area (Å²) in [7, 11) is 1.48. The van der Waals surface area contributed by atoms with Gasteiger partial charge in [0.05, 0.1) is 18.6 Å². The summed E-state index contributed by atoms with van der Waals surface area (Å²) in [6.07, 6.45) is 1.55. The maximum absolute atomic E-state index is 13.5. The fourth-order valence-corrected chi connectivity index (χ4v) is 5.36. The van der Waals surface area contributed by atoms with Gasteiger partial charge in [-0.1, -0.05) is 5.16 Å². The number of halogens is 3. The third-order valence-corrected chi connectivity index (χ3v) is 7.70. The number of amides is 1. The van der Waals surface area contributed by atoms with Gasteiger partial charge in [0, 0.05) is 49.5 Å². The largest absolute Gasteiger partial charge is 0.408 e. The molecule has 1 saturated heterocycles. The van der Waals surface area contributed by atoms with E-state index in [1.165, 1.54) is 41.1 Å². The van der Waals surface area contributed by atoms with Gasteiger partial charge in [0.15, 0.2) is 11.2 Å². The molecule has 1 fully saturated rings. The summed E-state index contributed by atoms with van der Waals surface area (Å²) in [5, 5.41) is 6.65. The van der Waals surface area contributed by atoms with Crippen molar-refractivity contribution in [2.24, 2.45) is 7.05 Å². The molecule has 0 spiro atoms. The highest BCUT2D eigenvalue weighted by Crippen LogP contribution is 2.34. The van der Waals surface area contributed by atoms with Gasteiger partial charge in [0.1, 0.15) is 23.5 Å². The van der Waals surface area contributed by atoms with Gasteiger partial charge in [-0.05, 0) is 38.8 Å². The maximum Gasteiger partial charge on any atom is 0.408 e. The standard InChI is InChI=1S/C28H27F3N10O4/c1-15-9-19(37-45-15)13-40-25(43)22-23(38(3)27(40)44)35-14-41(22)16(2)24(42)36-18-6-7-32-20(10-18)17-11-33-26(34-12-17)39-8-4-5-21(39)28(29,30)31/h6-7,9-12,14,16,21H,4-5,8,13H2,1-3H3,(H,32,36,42)/t16-,21-/m0/s1. The van der Waals surface area contributed by atoms with Crippen LogP contribution >= 0.6 is 0 Å². The minimum atomic E-state index is -4.38. The van der Waals surface area contributed by atoms with E-state index in [9.17, 15) is 27.6 Å². The van der Waals surface area contributed by atoms with Crippen molar-refractivity contribution in [3.63, 3.8) is 0 Å². The van der Waals surface area contributed by atoms with E-state index in [0.29, 0.717) is 34.8 Å². The number of anilines is 2. The molecule has 6 rings (SSSR count). The van der Waals surface area contributed by atoms with Crippen molar-refractivity contribution in [1.82, 2.24) is 38.8 Å². The van der Waals surface area contributed by atoms with E-state index in [4.69, 9.17) is 4.52 Å². The molecule has 0 unspecified atom stereocenters. The number of hydrogen-bond donors (Lipinski definition) is 1. The number of aromatic nitrogens is 8. The molecule has 6 heterocycles. The number of carbonyl (C=O) groups is 1. The van der Waals surface area contributed by atoms with Crippen LogP contribution in [0.15, 0.2) is 57.2 Å². The van der Waals surface area contributed by atoms with E-state index >= 15 is 0 Å². The lowest BCUT2D eigenvalue weighted by Gasteiger charge is -2.26. The first-order valence-corrected chi connectivity index (χ1v) is 13.9. The van der Waals surface area contributed by atoms with Crippen LogP contribution < -0.4 is 21.5 Å². The lowest BCUT2D eigenvalue weighted by molar-refractivity contribution is -0.146. The van der Waals surface area contributed by atoms with Crippen LogP contribution in [0.5, 0.6) is 0 Å². The Hall–Kier alpha value is -5.35. The predicted octanol–water partition coefficient (Wildman–Crippen LogP) is 2.82. The minimum Gasteiger partial charge on any atom is -0.361 e. The van der Waals surface area contributed by atoms with Crippen LogP contribution in [0.25, 0.3) is 22.4 Å². The number of rotatable bonds is 7. The zero-order valence-electron chi connectivity index (χ0n) is 24.3. The van der Waals surface area contributed by atoms with Gasteiger partial charge in [-0.25, -0.2) is 19.7 Å². The van der Waals surface area contributed by atoms with Gasteiger partial charge >= 0.3 is 11.9 Å². The zero-order valence-corrected chi connectivity index (χ0v) is 24.3. The number of carbonyl (C=O) groups excluding carboxylic acids is 1. The molecular weight excluding hydrogens is 597 g/mol. The number of nitrogens with zero attached hydrogens (tertiary/aromatic N) is 9. The SMILES string of the molecule is Cc1cc(Cn2c(=O)c3c(ncn3[C@@H](C)C(=O)Nc3ccnc(-c4cnc(N5CCC[C@H]5C(F)(F)F)nc4)c3)n(C)c2=O)no1. The third kappa shape index (κ3) is 5.56. The van der Waals surface area contributed by atoms with Crippen LogP contribution in [-0.4, -0.2) is 63.5 Å². The smallest absolute Gasteiger partial charge is 0.361 e. The summed E-state index contributed by atoms with van der Waals surface area (Å²) in [5.74, 6) is 0.0191. The summed E-state index contributed by atoms with van der Waals surface area (Å²) in [6.45, 7) is 3.35. The second kappa shape index (κ2) is 11.3. The fourth-order valence-electron chi connectivity index (χ4n) is 5.36. The number of aryl methyl sites for hydroxylation is 2. The van der Waals surface area contributed by atoms with Gasteiger partial charge in [0.25, 0.3) is 5.56 Å². The van der Waals surface area contributed by atoms with Crippen LogP contribution in [0.3, 0.4) is 0 Å². The Morgan fingerprint density at radius 3 is 2.60 bits per heavy atom. The quantitative estimate of drug-likeness (QED) is 0.285. The zero-order chi connectivity index (χ0) is 32.0. The molecule has 5 aromatic rings. The van der Waals surface area contributed by atoms with E-state index < -0.39 is 35.4 Å². The van der Waals surface area contributed by atoms with Crippen molar-refractivity contribution in [2.75, 3.05) is 16.8 Å². The lowest BCUT2D eigenvalue weighted by atomic mass is 10.2. The minimum absolute atomic E-state index is 0.0120. The average Bonchev–Trinajstić information content (AvgIpc) is 3.78. The van der Waals surface area contributed by atoms with Gasteiger partial charge in [0.2, 0.25) is 11.9 Å².